The van der Waals surface area contributed by atoms with Crippen molar-refractivity contribution in [3.63, 3.8) is 0 Å². The van der Waals surface area contributed by atoms with E-state index in [1.165, 1.54) is 18.2 Å². The fourth-order valence-electron chi connectivity index (χ4n) is 2.71. The monoisotopic (exact) mass is 383 g/mol. The van der Waals surface area contributed by atoms with Crippen LogP contribution in [0.2, 0.25) is 0 Å². The fraction of sp³-hybridized carbons (Fsp3) is 0.278. The number of hydrogen-bond donors (Lipinski definition) is 0. The third-order valence-corrected chi connectivity index (χ3v) is 5.13. The van der Waals surface area contributed by atoms with Gasteiger partial charge in [-0.25, -0.2) is 0 Å². The van der Waals surface area contributed by atoms with E-state index in [1.807, 2.05) is 24.3 Å². The van der Waals surface area contributed by atoms with E-state index in [1.54, 1.807) is 23.8 Å². The topological polar surface area (TPSA) is 38.8 Å². The molecule has 0 N–H and O–H groups in total. The van der Waals surface area contributed by atoms with Gasteiger partial charge in [-0.1, -0.05) is 18.2 Å². The first-order valence-corrected chi connectivity index (χ1v) is 8.84. The van der Waals surface area contributed by atoms with Gasteiger partial charge in [0.2, 0.25) is 0 Å². The molecule has 1 atom stereocenters. The highest BCUT2D eigenvalue weighted by molar-refractivity contribution is 7.99. The number of alkyl halides is 3. The number of carbonyl (C=O) groups excluding carboxylic acids is 1. The molecule has 0 saturated carbocycles. The van der Waals surface area contributed by atoms with Gasteiger partial charge in [-0.15, -0.1) is 24.9 Å². The van der Waals surface area contributed by atoms with Crippen molar-refractivity contribution in [3.8, 4) is 11.5 Å². The van der Waals surface area contributed by atoms with Crippen LogP contribution < -0.4 is 9.47 Å². The smallest absolute Gasteiger partial charge is 0.497 e. The molecule has 0 radical (unpaired) electrons. The second kappa shape index (κ2) is 7.49. The van der Waals surface area contributed by atoms with E-state index in [2.05, 4.69) is 4.74 Å². The van der Waals surface area contributed by atoms with Gasteiger partial charge in [0.15, 0.2) is 0 Å². The number of thioether (sulfide) groups is 1. The number of methoxy groups -OCH3 is 1. The molecule has 1 amide bonds. The molecule has 8 heteroatoms. The van der Waals surface area contributed by atoms with Crippen LogP contribution in [-0.2, 0) is 0 Å². The van der Waals surface area contributed by atoms with Gasteiger partial charge in [-0.05, 0) is 35.9 Å². The second-order valence-electron chi connectivity index (χ2n) is 5.57. The number of halogens is 3. The summed E-state index contributed by atoms with van der Waals surface area (Å²) in [5.41, 5.74) is 1.09. The summed E-state index contributed by atoms with van der Waals surface area (Å²) in [6, 6.07) is 12.5. The summed E-state index contributed by atoms with van der Waals surface area (Å²) >= 11 is 1.61. The minimum atomic E-state index is -4.79. The third kappa shape index (κ3) is 4.24. The highest BCUT2D eigenvalue weighted by Gasteiger charge is 2.33. The molecule has 1 aliphatic heterocycles. The molecular weight excluding hydrogens is 367 g/mol. The molecule has 3 rings (SSSR count). The third-order valence-electron chi connectivity index (χ3n) is 3.87. The lowest BCUT2D eigenvalue weighted by molar-refractivity contribution is -0.274. The molecule has 2 aromatic rings. The first kappa shape index (κ1) is 18.4. The van der Waals surface area contributed by atoms with Gasteiger partial charge in [0.25, 0.3) is 5.91 Å². The number of nitrogens with zero attached hydrogens (tertiary/aromatic N) is 1. The zero-order chi connectivity index (χ0) is 18.7. The van der Waals surface area contributed by atoms with E-state index >= 15 is 0 Å². The quantitative estimate of drug-likeness (QED) is 0.780. The summed E-state index contributed by atoms with van der Waals surface area (Å²) in [6.45, 7) is 0.518. The van der Waals surface area contributed by atoms with Crippen LogP contribution >= 0.6 is 11.8 Å². The van der Waals surface area contributed by atoms with Gasteiger partial charge in [0.1, 0.15) is 16.9 Å². The highest BCUT2D eigenvalue weighted by Crippen LogP contribution is 2.39. The maximum Gasteiger partial charge on any atom is 0.573 e. The number of rotatable bonds is 4. The number of ether oxygens (including phenoxy) is 2. The Kier molecular flexibility index (Phi) is 5.31. The van der Waals surface area contributed by atoms with Crippen molar-refractivity contribution in [2.75, 3.05) is 19.4 Å². The van der Waals surface area contributed by atoms with Crippen LogP contribution in [0.3, 0.4) is 0 Å². The molecule has 1 fully saturated rings. The van der Waals surface area contributed by atoms with Crippen LogP contribution in [0.15, 0.2) is 48.5 Å². The Balaban J connectivity index is 1.80. The summed E-state index contributed by atoms with van der Waals surface area (Å²) in [7, 11) is 1.57. The Bertz CT molecular complexity index is 780. The summed E-state index contributed by atoms with van der Waals surface area (Å²) < 4.78 is 46.2. The van der Waals surface area contributed by atoms with Crippen molar-refractivity contribution in [3.05, 3.63) is 59.7 Å². The molecule has 0 spiro atoms. The Morgan fingerprint density at radius 2 is 1.88 bits per heavy atom. The molecule has 138 valence electrons. The minimum absolute atomic E-state index is 0.160. The van der Waals surface area contributed by atoms with Gasteiger partial charge < -0.3 is 14.4 Å². The molecule has 1 saturated heterocycles. The first-order valence-electron chi connectivity index (χ1n) is 7.80. The van der Waals surface area contributed by atoms with Gasteiger partial charge in [-0.2, -0.15) is 0 Å². The van der Waals surface area contributed by atoms with Gasteiger partial charge in [-0.3, -0.25) is 4.79 Å². The average molecular weight is 383 g/mol. The van der Waals surface area contributed by atoms with Crippen molar-refractivity contribution in [2.45, 2.75) is 11.7 Å². The molecule has 26 heavy (non-hydrogen) atoms. The lowest BCUT2D eigenvalue weighted by atomic mass is 10.1. The zero-order valence-corrected chi connectivity index (χ0v) is 14.6. The highest BCUT2D eigenvalue weighted by atomic mass is 32.2. The molecule has 1 unspecified atom stereocenters. The van der Waals surface area contributed by atoms with E-state index in [-0.39, 0.29) is 16.8 Å². The summed E-state index contributed by atoms with van der Waals surface area (Å²) in [4.78, 5) is 14.5. The zero-order valence-electron chi connectivity index (χ0n) is 13.8. The second-order valence-corrected chi connectivity index (χ2v) is 6.76. The molecule has 4 nitrogen and oxygen atoms in total. The molecule has 1 heterocycles. The summed E-state index contributed by atoms with van der Waals surface area (Å²) in [6.07, 6.45) is -4.79. The number of amides is 1. The van der Waals surface area contributed by atoms with Crippen molar-refractivity contribution in [1.29, 1.82) is 0 Å². The number of carbonyl (C=O) groups is 1. The molecule has 1 aliphatic rings. The molecule has 2 aromatic carbocycles. The predicted molar refractivity (Wildman–Crippen MR) is 92.4 cm³/mol. The van der Waals surface area contributed by atoms with E-state index < -0.39 is 12.1 Å². The van der Waals surface area contributed by atoms with Crippen molar-refractivity contribution in [1.82, 2.24) is 4.90 Å². The molecular formula is C18H16F3NO3S. The SMILES string of the molecule is COc1ccc(C2SCCN2C(=O)c2cccc(OC(F)(F)F)c2)cc1. The maximum atomic E-state index is 12.8. The standard InChI is InChI=1S/C18H16F3NO3S/c1-24-14-7-5-12(6-8-14)17-22(9-10-26-17)16(23)13-3-2-4-15(11-13)25-18(19,20)21/h2-8,11,17H,9-10H2,1H3. The predicted octanol–water partition coefficient (Wildman–Crippen LogP) is 4.48. The van der Waals surface area contributed by atoms with E-state index in [0.29, 0.717) is 12.3 Å². The largest absolute Gasteiger partial charge is 0.573 e. The van der Waals surface area contributed by atoms with E-state index in [9.17, 15) is 18.0 Å². The average Bonchev–Trinajstić information content (AvgIpc) is 3.09. The fourth-order valence-corrected chi connectivity index (χ4v) is 3.97. The Morgan fingerprint density at radius 1 is 1.15 bits per heavy atom. The molecule has 0 bridgehead atoms. The summed E-state index contributed by atoms with van der Waals surface area (Å²) in [5.74, 6) is 0.729. The van der Waals surface area contributed by atoms with Crippen LogP contribution in [0.25, 0.3) is 0 Å². The Hall–Kier alpha value is -2.35. The van der Waals surface area contributed by atoms with Crippen LogP contribution in [0, 0.1) is 0 Å². The number of hydrogen-bond acceptors (Lipinski definition) is 4. The van der Waals surface area contributed by atoms with Crippen molar-refractivity contribution < 1.29 is 27.4 Å². The Morgan fingerprint density at radius 3 is 2.54 bits per heavy atom. The van der Waals surface area contributed by atoms with Gasteiger partial charge in [0, 0.05) is 17.9 Å². The summed E-state index contributed by atoms with van der Waals surface area (Å²) in [5, 5.41) is -0.194. The lowest BCUT2D eigenvalue weighted by Crippen LogP contribution is -2.30. The van der Waals surface area contributed by atoms with Crippen LogP contribution in [0.4, 0.5) is 13.2 Å². The van der Waals surface area contributed by atoms with Crippen molar-refractivity contribution in [2.24, 2.45) is 0 Å². The lowest BCUT2D eigenvalue weighted by Gasteiger charge is -2.24. The van der Waals surface area contributed by atoms with E-state index in [4.69, 9.17) is 4.74 Å². The molecule has 0 aliphatic carbocycles. The van der Waals surface area contributed by atoms with E-state index in [0.717, 1.165) is 17.4 Å². The van der Waals surface area contributed by atoms with Crippen LogP contribution in [-0.4, -0.2) is 36.6 Å². The van der Waals surface area contributed by atoms with Gasteiger partial charge >= 0.3 is 6.36 Å². The van der Waals surface area contributed by atoms with Crippen LogP contribution in [0.5, 0.6) is 11.5 Å². The molecule has 0 aromatic heterocycles. The normalized spacial score (nSPS) is 17.2. The van der Waals surface area contributed by atoms with Gasteiger partial charge in [0.05, 0.1) is 7.11 Å². The maximum absolute atomic E-state index is 12.8. The van der Waals surface area contributed by atoms with Crippen LogP contribution in [0.1, 0.15) is 21.3 Å². The number of benzene rings is 2. The first-order chi connectivity index (χ1) is 12.4. The van der Waals surface area contributed by atoms with Crippen molar-refractivity contribution >= 4 is 17.7 Å². The minimum Gasteiger partial charge on any atom is -0.497 e. The Labute approximate surface area is 152 Å².